The van der Waals surface area contributed by atoms with E-state index in [1.165, 1.54) is 24.0 Å². The van der Waals surface area contributed by atoms with Crippen LogP contribution in [0, 0.1) is 12.3 Å². The number of ether oxygens (including phenoxy) is 1. The Kier molecular flexibility index (Phi) is 7.21. The summed E-state index contributed by atoms with van der Waals surface area (Å²) in [5, 5.41) is 5.04. The number of hydrogen-bond acceptors (Lipinski definition) is 3. The summed E-state index contributed by atoms with van der Waals surface area (Å²) in [6.07, 6.45) is 4.36. The van der Waals surface area contributed by atoms with Gasteiger partial charge >= 0.3 is 6.09 Å². The van der Waals surface area contributed by atoms with Crippen LogP contribution < -0.4 is 5.14 Å². The minimum Gasteiger partial charge on any atom is -0.444 e. The number of carbonyl (C=O) groups excluding carboxylic acids is 1. The van der Waals surface area contributed by atoms with E-state index in [-0.39, 0.29) is 10.8 Å². The topological polar surface area (TPSA) is 72.6 Å². The van der Waals surface area contributed by atoms with Gasteiger partial charge in [-0.25, -0.2) is 9.00 Å². The summed E-state index contributed by atoms with van der Waals surface area (Å²) >= 11 is 0. The number of likely N-dealkylation sites (tertiary alicyclic amines) is 1. The minimum absolute atomic E-state index is 0.158. The maximum Gasteiger partial charge on any atom is 0.410 e. The monoisotopic (exact) mass is 422 g/mol. The van der Waals surface area contributed by atoms with Gasteiger partial charge in [-0.05, 0) is 96.3 Å². The molecule has 0 aromatic heterocycles. The lowest BCUT2D eigenvalue weighted by molar-refractivity contribution is 0.0111. The van der Waals surface area contributed by atoms with Gasteiger partial charge in [-0.1, -0.05) is 18.2 Å². The lowest BCUT2D eigenvalue weighted by atomic mass is 9.76. The number of benzene rings is 1. The van der Waals surface area contributed by atoms with Gasteiger partial charge < -0.3 is 9.64 Å². The Bertz CT molecular complexity index is 754. The average Bonchev–Trinajstić information content (AvgIpc) is 2.93. The first-order valence-corrected chi connectivity index (χ1v) is 11.7. The van der Waals surface area contributed by atoms with Gasteiger partial charge in [-0.3, -0.25) is 5.14 Å². The Hall–Kier alpha value is -1.40. The number of nitrogens with two attached hydrogens (primary N) is 1. The molecule has 1 aromatic carbocycles. The fraction of sp³-hybridized carbons (Fsp3) is 0.696. The van der Waals surface area contributed by atoms with E-state index in [1.807, 2.05) is 46.4 Å². The SMILES string of the molecule is CC(C)(C)S(N)=O.Cc1cccc2c1CC1(CCN(C(=O)OC(C)(C)C)CC1)C2. The first-order chi connectivity index (χ1) is 13.2. The van der Waals surface area contributed by atoms with Crippen molar-refractivity contribution >= 4 is 17.1 Å². The summed E-state index contributed by atoms with van der Waals surface area (Å²) in [4.78, 5) is 14.1. The van der Waals surface area contributed by atoms with Crippen molar-refractivity contribution in [3.05, 3.63) is 34.9 Å². The molecule has 164 valence electrons. The second-order valence-corrected chi connectivity index (χ2v) is 12.3. The van der Waals surface area contributed by atoms with Gasteiger partial charge in [-0.2, -0.15) is 0 Å². The molecule has 5 nitrogen and oxygen atoms in total. The van der Waals surface area contributed by atoms with Gasteiger partial charge in [0.05, 0.1) is 15.7 Å². The molecule has 1 spiro atoms. The third-order valence-electron chi connectivity index (χ3n) is 5.70. The third kappa shape index (κ3) is 6.54. The number of fused-ring (bicyclic) bond motifs is 1. The van der Waals surface area contributed by atoms with E-state index in [1.54, 1.807) is 5.56 Å². The van der Waals surface area contributed by atoms with Crippen LogP contribution in [0.25, 0.3) is 0 Å². The van der Waals surface area contributed by atoms with Crippen LogP contribution in [-0.4, -0.2) is 38.6 Å². The molecular weight excluding hydrogens is 384 g/mol. The molecule has 1 unspecified atom stereocenters. The minimum atomic E-state index is -1.18. The maximum atomic E-state index is 12.2. The Morgan fingerprint density at radius 3 is 2.10 bits per heavy atom. The number of nitrogens with zero attached hydrogens (tertiary/aromatic N) is 1. The molecule has 1 aliphatic carbocycles. The molecule has 1 aliphatic heterocycles. The van der Waals surface area contributed by atoms with Gasteiger partial charge in [0.2, 0.25) is 0 Å². The number of rotatable bonds is 0. The molecule has 1 atom stereocenters. The molecule has 0 saturated carbocycles. The highest BCUT2D eigenvalue weighted by molar-refractivity contribution is 7.84. The highest BCUT2D eigenvalue weighted by atomic mass is 32.2. The van der Waals surface area contributed by atoms with Crippen molar-refractivity contribution in [3.63, 3.8) is 0 Å². The lowest BCUT2D eigenvalue weighted by Crippen LogP contribution is -2.45. The standard InChI is InChI=1S/C19H27NO2.C4H11NOS/c1-14-6-5-7-15-12-19(13-16(14)15)8-10-20(11-9-19)17(21)22-18(2,3)4;1-4(2,3)7(5)6/h5-7H,8-13H2,1-4H3;5H2,1-3H3. The maximum absolute atomic E-state index is 12.2. The van der Waals surface area contributed by atoms with Crippen molar-refractivity contribution in [1.82, 2.24) is 4.90 Å². The van der Waals surface area contributed by atoms with Gasteiger partial charge in [0.25, 0.3) is 0 Å². The van der Waals surface area contributed by atoms with E-state index >= 15 is 0 Å². The Balaban J connectivity index is 0.000000370. The molecule has 29 heavy (non-hydrogen) atoms. The fourth-order valence-electron chi connectivity index (χ4n) is 3.87. The first kappa shape index (κ1) is 23.9. The largest absolute Gasteiger partial charge is 0.444 e. The lowest BCUT2D eigenvalue weighted by Gasteiger charge is -2.39. The fourth-order valence-corrected chi connectivity index (χ4v) is 3.87. The van der Waals surface area contributed by atoms with Crippen LogP contribution in [0.2, 0.25) is 0 Å². The van der Waals surface area contributed by atoms with Crippen molar-refractivity contribution in [2.24, 2.45) is 10.6 Å². The normalized spacial score (nSPS) is 19.2. The van der Waals surface area contributed by atoms with Crippen molar-refractivity contribution in [3.8, 4) is 0 Å². The van der Waals surface area contributed by atoms with Crippen molar-refractivity contribution < 1.29 is 13.7 Å². The highest BCUT2D eigenvalue weighted by Crippen LogP contribution is 2.45. The molecule has 2 aliphatic rings. The summed E-state index contributed by atoms with van der Waals surface area (Å²) in [5.74, 6) is 0. The Labute approximate surface area is 179 Å². The highest BCUT2D eigenvalue weighted by Gasteiger charge is 2.41. The molecule has 2 N–H and O–H groups in total. The van der Waals surface area contributed by atoms with Crippen molar-refractivity contribution in [2.75, 3.05) is 13.1 Å². The van der Waals surface area contributed by atoms with Gasteiger partial charge in [0.15, 0.2) is 0 Å². The van der Waals surface area contributed by atoms with Crippen molar-refractivity contribution in [1.29, 1.82) is 0 Å². The molecule has 1 amide bonds. The van der Waals surface area contributed by atoms with Gasteiger partial charge in [0, 0.05) is 13.1 Å². The van der Waals surface area contributed by atoms with E-state index in [4.69, 9.17) is 9.88 Å². The van der Waals surface area contributed by atoms with Crippen LogP contribution in [0.4, 0.5) is 4.79 Å². The molecule has 6 heteroatoms. The number of aryl methyl sites for hydroxylation is 1. The number of hydrogen-bond donors (Lipinski definition) is 1. The number of carbonyl (C=O) groups is 1. The summed E-state index contributed by atoms with van der Waals surface area (Å²) in [6, 6.07) is 6.66. The quantitative estimate of drug-likeness (QED) is 0.668. The third-order valence-corrected chi connectivity index (χ3v) is 6.91. The van der Waals surface area contributed by atoms with Crippen LogP contribution in [0.1, 0.15) is 71.1 Å². The molecule has 0 bridgehead atoms. The molecule has 3 rings (SSSR count). The molecule has 1 heterocycles. The zero-order chi connectivity index (χ0) is 22.0. The molecule has 1 saturated heterocycles. The van der Waals surface area contributed by atoms with E-state index in [2.05, 4.69) is 25.1 Å². The molecule has 0 radical (unpaired) electrons. The summed E-state index contributed by atoms with van der Waals surface area (Å²) < 4.78 is 15.6. The smallest absolute Gasteiger partial charge is 0.410 e. The Morgan fingerprint density at radius 1 is 1.10 bits per heavy atom. The molecular formula is C23H38N2O3S. The first-order valence-electron chi connectivity index (χ1n) is 10.4. The van der Waals surface area contributed by atoms with E-state index in [0.29, 0.717) is 5.41 Å². The number of amides is 1. The predicted octanol–water partition coefficient (Wildman–Crippen LogP) is 4.52. The summed E-state index contributed by atoms with van der Waals surface area (Å²) in [5.41, 5.74) is 4.45. The molecule has 1 aromatic rings. The zero-order valence-electron chi connectivity index (χ0n) is 19.1. The van der Waals surface area contributed by atoms with Crippen LogP contribution in [0.3, 0.4) is 0 Å². The average molecular weight is 423 g/mol. The summed E-state index contributed by atoms with van der Waals surface area (Å²) in [6.45, 7) is 15.1. The Morgan fingerprint density at radius 2 is 1.66 bits per heavy atom. The zero-order valence-corrected chi connectivity index (χ0v) is 19.9. The van der Waals surface area contributed by atoms with Gasteiger partial charge in [0.1, 0.15) is 5.60 Å². The van der Waals surface area contributed by atoms with E-state index < -0.39 is 16.6 Å². The van der Waals surface area contributed by atoms with Gasteiger partial charge in [-0.15, -0.1) is 0 Å². The van der Waals surface area contributed by atoms with E-state index in [0.717, 1.165) is 25.9 Å². The van der Waals surface area contributed by atoms with Crippen molar-refractivity contribution in [2.45, 2.75) is 84.5 Å². The molecule has 1 fully saturated rings. The van der Waals surface area contributed by atoms with Crippen LogP contribution >= 0.6 is 0 Å². The van der Waals surface area contributed by atoms with Crippen LogP contribution in [0.5, 0.6) is 0 Å². The second-order valence-electron chi connectivity index (χ2n) is 10.4. The second kappa shape index (κ2) is 8.76. The number of piperidine rings is 1. The summed E-state index contributed by atoms with van der Waals surface area (Å²) in [7, 11) is -1.18. The predicted molar refractivity (Wildman–Crippen MR) is 120 cm³/mol. The van der Waals surface area contributed by atoms with Crippen LogP contribution in [-0.2, 0) is 28.6 Å². The van der Waals surface area contributed by atoms with E-state index in [9.17, 15) is 9.00 Å². The van der Waals surface area contributed by atoms with Crippen LogP contribution in [0.15, 0.2) is 18.2 Å².